The van der Waals surface area contributed by atoms with Crippen LogP contribution in [-0.2, 0) is 10.2 Å². The topological polar surface area (TPSA) is 40.6 Å². The lowest BCUT2D eigenvalue weighted by Crippen LogP contribution is -2.50. The van der Waals surface area contributed by atoms with E-state index in [0.717, 1.165) is 12.8 Å². The number of nitrogens with zero attached hydrogens (tertiary/aromatic N) is 2. The maximum atomic E-state index is 12.4. The van der Waals surface area contributed by atoms with E-state index < -0.39 is 10.2 Å². The van der Waals surface area contributed by atoms with Gasteiger partial charge in [0.25, 0.3) is 10.2 Å². The molecular formula is C11H23ClN2O2S. The van der Waals surface area contributed by atoms with Crippen molar-refractivity contribution in [3.8, 4) is 0 Å². The summed E-state index contributed by atoms with van der Waals surface area (Å²) in [4.78, 5) is 0. The zero-order valence-corrected chi connectivity index (χ0v) is 12.5. The van der Waals surface area contributed by atoms with Crippen LogP contribution >= 0.6 is 11.6 Å². The third-order valence-electron chi connectivity index (χ3n) is 3.36. The molecule has 1 saturated heterocycles. The second-order valence-electron chi connectivity index (χ2n) is 4.97. The Balaban J connectivity index is 2.73. The Kier molecular flexibility index (Phi) is 5.70. The Labute approximate surface area is 110 Å². The lowest BCUT2D eigenvalue weighted by molar-refractivity contribution is 0.205. The van der Waals surface area contributed by atoms with Crippen LogP contribution in [0.1, 0.15) is 33.1 Å². The van der Waals surface area contributed by atoms with Gasteiger partial charge < -0.3 is 0 Å². The smallest absolute Gasteiger partial charge is 0.195 e. The Morgan fingerprint density at radius 1 is 1.35 bits per heavy atom. The van der Waals surface area contributed by atoms with Gasteiger partial charge in [-0.1, -0.05) is 6.92 Å². The van der Waals surface area contributed by atoms with Crippen molar-refractivity contribution in [2.45, 2.75) is 39.2 Å². The first-order chi connectivity index (χ1) is 7.89. The van der Waals surface area contributed by atoms with Crippen LogP contribution in [0.3, 0.4) is 0 Å². The highest BCUT2D eigenvalue weighted by Gasteiger charge is 2.34. The van der Waals surface area contributed by atoms with E-state index in [1.54, 1.807) is 11.4 Å². The molecule has 0 amide bonds. The first kappa shape index (κ1) is 15.2. The molecule has 17 heavy (non-hydrogen) atoms. The molecule has 0 bridgehead atoms. The maximum absolute atomic E-state index is 12.4. The fourth-order valence-corrected chi connectivity index (χ4v) is 3.99. The number of hydrogen-bond acceptors (Lipinski definition) is 2. The van der Waals surface area contributed by atoms with E-state index in [9.17, 15) is 8.42 Å². The largest absolute Gasteiger partial charge is 0.281 e. The Morgan fingerprint density at radius 2 is 2.00 bits per heavy atom. The molecule has 1 rings (SSSR count). The SMILES string of the molecule is CC1CCC(C)N(S(=O)(=O)N(C)CCCCl)C1. The van der Waals surface area contributed by atoms with Crippen LogP contribution in [0.5, 0.6) is 0 Å². The van der Waals surface area contributed by atoms with Crippen LogP contribution in [0, 0.1) is 5.92 Å². The summed E-state index contributed by atoms with van der Waals surface area (Å²) in [7, 11) is -1.68. The highest BCUT2D eigenvalue weighted by Crippen LogP contribution is 2.25. The van der Waals surface area contributed by atoms with E-state index in [2.05, 4.69) is 6.92 Å². The Bertz CT molecular complexity index is 334. The third-order valence-corrected chi connectivity index (χ3v) is 5.70. The lowest BCUT2D eigenvalue weighted by atomic mass is 9.97. The molecule has 0 aromatic carbocycles. The molecule has 1 aliphatic rings. The molecule has 0 N–H and O–H groups in total. The standard InChI is InChI=1S/C11H23ClN2O2S/c1-10-5-6-11(2)14(9-10)17(15,16)13(3)8-4-7-12/h10-11H,4-9H2,1-3H3. The van der Waals surface area contributed by atoms with Crippen LogP contribution in [-0.4, -0.2) is 49.1 Å². The summed E-state index contributed by atoms with van der Waals surface area (Å²) in [5.41, 5.74) is 0. The summed E-state index contributed by atoms with van der Waals surface area (Å²) in [5.74, 6) is 0.939. The van der Waals surface area contributed by atoms with Gasteiger partial charge >= 0.3 is 0 Å². The summed E-state index contributed by atoms with van der Waals surface area (Å²) in [6, 6.07) is 0.106. The van der Waals surface area contributed by atoms with Crippen molar-refractivity contribution in [3.63, 3.8) is 0 Å². The Hall–Kier alpha value is 0.160. The van der Waals surface area contributed by atoms with Crippen LogP contribution in [0.2, 0.25) is 0 Å². The van der Waals surface area contributed by atoms with Gasteiger partial charge in [-0.3, -0.25) is 0 Å². The maximum Gasteiger partial charge on any atom is 0.281 e. The minimum atomic E-state index is -3.31. The summed E-state index contributed by atoms with van der Waals surface area (Å²) < 4.78 is 27.8. The van der Waals surface area contributed by atoms with E-state index in [1.807, 2.05) is 6.92 Å². The number of alkyl halides is 1. The van der Waals surface area contributed by atoms with Gasteiger partial charge in [-0.25, -0.2) is 0 Å². The molecule has 1 heterocycles. The van der Waals surface area contributed by atoms with Gasteiger partial charge in [0.15, 0.2) is 0 Å². The zero-order chi connectivity index (χ0) is 13.1. The lowest BCUT2D eigenvalue weighted by Gasteiger charge is -2.37. The molecular weight excluding hydrogens is 260 g/mol. The number of piperidine rings is 1. The highest BCUT2D eigenvalue weighted by atomic mass is 35.5. The molecule has 6 heteroatoms. The molecule has 102 valence electrons. The van der Waals surface area contributed by atoms with E-state index in [1.165, 1.54) is 4.31 Å². The summed E-state index contributed by atoms with van der Waals surface area (Å²) >= 11 is 5.60. The molecule has 0 aromatic heterocycles. The summed E-state index contributed by atoms with van der Waals surface area (Å²) in [6.07, 6.45) is 2.75. The second-order valence-corrected chi connectivity index (χ2v) is 7.34. The predicted octanol–water partition coefficient (Wildman–Crippen LogP) is 1.91. The highest BCUT2D eigenvalue weighted by molar-refractivity contribution is 7.86. The van der Waals surface area contributed by atoms with Crippen LogP contribution in [0.25, 0.3) is 0 Å². The quantitative estimate of drug-likeness (QED) is 0.723. The molecule has 0 aliphatic carbocycles. The van der Waals surface area contributed by atoms with E-state index in [4.69, 9.17) is 11.6 Å². The fraction of sp³-hybridized carbons (Fsp3) is 1.00. The molecule has 0 spiro atoms. The molecule has 0 saturated carbocycles. The third kappa shape index (κ3) is 3.81. The predicted molar refractivity (Wildman–Crippen MR) is 71.5 cm³/mol. The molecule has 0 radical (unpaired) electrons. The zero-order valence-electron chi connectivity index (χ0n) is 10.9. The van der Waals surface area contributed by atoms with Crippen LogP contribution < -0.4 is 0 Å². The molecule has 2 atom stereocenters. The van der Waals surface area contributed by atoms with Gasteiger partial charge in [0.2, 0.25) is 0 Å². The van der Waals surface area contributed by atoms with Gasteiger partial charge in [0.1, 0.15) is 0 Å². The average Bonchev–Trinajstić information content (AvgIpc) is 2.28. The van der Waals surface area contributed by atoms with Crippen molar-refractivity contribution in [2.24, 2.45) is 5.92 Å². The minimum absolute atomic E-state index is 0.106. The average molecular weight is 283 g/mol. The van der Waals surface area contributed by atoms with Crippen molar-refractivity contribution in [1.29, 1.82) is 0 Å². The van der Waals surface area contributed by atoms with Crippen LogP contribution in [0.4, 0.5) is 0 Å². The van der Waals surface area contributed by atoms with Crippen LogP contribution in [0.15, 0.2) is 0 Å². The number of hydrogen-bond donors (Lipinski definition) is 0. The molecule has 4 nitrogen and oxygen atoms in total. The molecule has 2 unspecified atom stereocenters. The van der Waals surface area contributed by atoms with Crippen molar-refractivity contribution in [2.75, 3.05) is 26.0 Å². The summed E-state index contributed by atoms with van der Waals surface area (Å²) in [6.45, 7) is 5.21. The molecule has 1 aliphatic heterocycles. The second kappa shape index (κ2) is 6.36. The molecule has 0 aromatic rings. The first-order valence-corrected chi connectivity index (χ1v) is 8.11. The Morgan fingerprint density at radius 3 is 2.59 bits per heavy atom. The van der Waals surface area contributed by atoms with Gasteiger partial charge in [-0.15, -0.1) is 11.6 Å². The van der Waals surface area contributed by atoms with Gasteiger partial charge in [-0.2, -0.15) is 17.0 Å². The van der Waals surface area contributed by atoms with Crippen molar-refractivity contribution < 1.29 is 8.42 Å². The van der Waals surface area contributed by atoms with E-state index in [0.29, 0.717) is 31.3 Å². The van der Waals surface area contributed by atoms with E-state index >= 15 is 0 Å². The monoisotopic (exact) mass is 282 g/mol. The number of halogens is 1. The normalized spacial score (nSPS) is 27.6. The molecule has 1 fully saturated rings. The fourth-order valence-electron chi connectivity index (χ4n) is 2.15. The van der Waals surface area contributed by atoms with Crippen molar-refractivity contribution in [3.05, 3.63) is 0 Å². The van der Waals surface area contributed by atoms with Crippen molar-refractivity contribution >= 4 is 21.8 Å². The van der Waals surface area contributed by atoms with Crippen molar-refractivity contribution in [1.82, 2.24) is 8.61 Å². The van der Waals surface area contributed by atoms with Gasteiger partial charge in [0, 0.05) is 32.1 Å². The first-order valence-electron chi connectivity index (χ1n) is 6.18. The van der Waals surface area contributed by atoms with E-state index in [-0.39, 0.29) is 6.04 Å². The van der Waals surface area contributed by atoms with Gasteiger partial charge in [0.05, 0.1) is 0 Å². The van der Waals surface area contributed by atoms with Gasteiger partial charge in [-0.05, 0) is 32.1 Å². The number of rotatable bonds is 5. The minimum Gasteiger partial charge on any atom is -0.195 e. The summed E-state index contributed by atoms with van der Waals surface area (Å²) in [5, 5.41) is 0.